The molecule has 9 heteroatoms. The molecule has 2 aliphatic heterocycles. The highest BCUT2D eigenvalue weighted by Gasteiger charge is 2.64. The van der Waals surface area contributed by atoms with E-state index in [1.54, 1.807) is 36.2 Å². The molecule has 1 N–H and O–H groups in total. The predicted molar refractivity (Wildman–Crippen MR) is 117 cm³/mol. The van der Waals surface area contributed by atoms with Gasteiger partial charge in [0, 0.05) is 53.8 Å². The number of rotatable bonds is 4. The van der Waals surface area contributed by atoms with E-state index in [0.29, 0.717) is 22.4 Å². The summed E-state index contributed by atoms with van der Waals surface area (Å²) in [6.07, 6.45) is 2.97. The molecule has 0 aliphatic carbocycles. The Morgan fingerprint density at radius 1 is 1.24 bits per heavy atom. The Bertz CT molecular complexity index is 1300. The van der Waals surface area contributed by atoms with Crippen molar-refractivity contribution >= 4 is 23.1 Å². The van der Waals surface area contributed by atoms with Gasteiger partial charge >= 0.3 is 0 Å². The van der Waals surface area contributed by atoms with Crippen LogP contribution in [0.25, 0.3) is 0 Å². The first kappa shape index (κ1) is 20.9. The highest BCUT2D eigenvalue weighted by Crippen LogP contribution is 2.55. The lowest BCUT2D eigenvalue weighted by molar-refractivity contribution is -0.384. The molecule has 3 atom stereocenters. The standard InChI is InChI=1S/C24H19FN4O4/c1-28-13-18(14-4-2-6-17(10-14)29(32)33)21(22(30)15-5-3-9-26-12-15)24(28)19-11-16(25)7-8-20(19)27-23(24)31/h2-12,18,21H,13H2,1H3,(H,27,31)/t18-,21+,24-/m1/s1. The minimum atomic E-state index is -1.47. The van der Waals surface area contributed by atoms with Crippen molar-refractivity contribution in [3.05, 3.63) is 99.6 Å². The molecule has 0 unspecified atom stereocenters. The second-order valence-corrected chi connectivity index (χ2v) is 8.33. The SMILES string of the molecule is CN1C[C@H](c2cccc([N+](=O)[O-])c2)[C@@H](C(=O)c2cccnc2)[C@]12C(=O)Nc1ccc(F)cc12. The first-order chi connectivity index (χ1) is 15.8. The lowest BCUT2D eigenvalue weighted by atomic mass is 9.70. The number of hydrogen-bond acceptors (Lipinski definition) is 6. The van der Waals surface area contributed by atoms with E-state index in [-0.39, 0.29) is 18.0 Å². The number of nitro benzene ring substituents is 1. The number of nitrogens with one attached hydrogen (secondary N) is 1. The minimum absolute atomic E-state index is 0.106. The molecule has 0 radical (unpaired) electrons. The van der Waals surface area contributed by atoms with E-state index in [0.717, 1.165) is 0 Å². The van der Waals surface area contributed by atoms with Gasteiger partial charge in [0.15, 0.2) is 5.78 Å². The number of likely N-dealkylation sites (N-methyl/N-ethyl adjacent to an activating group) is 1. The van der Waals surface area contributed by atoms with E-state index in [4.69, 9.17) is 0 Å². The van der Waals surface area contributed by atoms with Crippen LogP contribution in [0, 0.1) is 21.8 Å². The second-order valence-electron chi connectivity index (χ2n) is 8.33. The third kappa shape index (κ3) is 3.04. The topological polar surface area (TPSA) is 105 Å². The van der Waals surface area contributed by atoms with Gasteiger partial charge in [-0.05, 0) is 42.9 Å². The maximum atomic E-state index is 14.3. The monoisotopic (exact) mass is 446 g/mol. The third-order valence-corrected chi connectivity index (χ3v) is 6.65. The molecule has 166 valence electrons. The van der Waals surface area contributed by atoms with Gasteiger partial charge in [-0.1, -0.05) is 12.1 Å². The molecular weight excluding hydrogens is 427 g/mol. The zero-order valence-electron chi connectivity index (χ0n) is 17.6. The normalized spacial score (nSPS) is 24.0. The van der Waals surface area contributed by atoms with Crippen molar-refractivity contribution in [2.45, 2.75) is 11.5 Å². The van der Waals surface area contributed by atoms with Gasteiger partial charge in [0.05, 0.1) is 10.8 Å². The maximum absolute atomic E-state index is 14.3. The molecule has 0 bridgehead atoms. The molecule has 33 heavy (non-hydrogen) atoms. The fourth-order valence-corrected chi connectivity index (χ4v) is 5.27. The van der Waals surface area contributed by atoms with Gasteiger partial charge in [-0.25, -0.2) is 4.39 Å². The Hall–Kier alpha value is -3.98. The lowest BCUT2D eigenvalue weighted by Gasteiger charge is -2.35. The van der Waals surface area contributed by atoms with E-state index in [2.05, 4.69) is 10.3 Å². The number of nitro groups is 1. The summed E-state index contributed by atoms with van der Waals surface area (Å²) in [4.78, 5) is 44.1. The number of fused-ring (bicyclic) bond motifs is 2. The first-order valence-electron chi connectivity index (χ1n) is 10.4. The average Bonchev–Trinajstić information content (AvgIpc) is 3.29. The largest absolute Gasteiger partial charge is 0.324 e. The quantitative estimate of drug-likeness (QED) is 0.374. The number of amides is 1. The molecule has 3 aromatic rings. The summed E-state index contributed by atoms with van der Waals surface area (Å²) in [6.45, 7) is 0.265. The zero-order chi connectivity index (χ0) is 23.3. The van der Waals surface area contributed by atoms with Gasteiger partial charge in [0.1, 0.15) is 11.4 Å². The highest BCUT2D eigenvalue weighted by atomic mass is 19.1. The molecule has 1 saturated heterocycles. The number of halogens is 1. The molecule has 8 nitrogen and oxygen atoms in total. The van der Waals surface area contributed by atoms with Crippen LogP contribution in [0.4, 0.5) is 15.8 Å². The number of nitrogens with zero attached hydrogens (tertiary/aromatic N) is 3. The Morgan fingerprint density at radius 3 is 2.79 bits per heavy atom. The zero-order valence-corrected chi connectivity index (χ0v) is 17.6. The number of hydrogen-bond donors (Lipinski definition) is 1. The fraction of sp³-hybridized carbons (Fsp3) is 0.208. The third-order valence-electron chi connectivity index (χ3n) is 6.65. The first-order valence-corrected chi connectivity index (χ1v) is 10.4. The Kier molecular flexibility index (Phi) is 4.79. The van der Waals surface area contributed by atoms with Crippen LogP contribution in [0.2, 0.25) is 0 Å². The van der Waals surface area contributed by atoms with E-state index in [1.165, 1.54) is 42.7 Å². The van der Waals surface area contributed by atoms with Gasteiger partial charge in [0.2, 0.25) is 5.91 Å². The summed E-state index contributed by atoms with van der Waals surface area (Å²) in [7, 11) is 1.71. The minimum Gasteiger partial charge on any atom is -0.324 e. The molecule has 1 spiro atoms. The van der Waals surface area contributed by atoms with Crippen molar-refractivity contribution in [2.75, 3.05) is 18.9 Å². The lowest BCUT2D eigenvalue weighted by Crippen LogP contribution is -2.51. The van der Waals surface area contributed by atoms with Crippen molar-refractivity contribution < 1.29 is 18.9 Å². The number of aromatic nitrogens is 1. The number of benzene rings is 2. The van der Waals surface area contributed by atoms with Crippen LogP contribution in [0.1, 0.15) is 27.4 Å². The molecule has 2 aliphatic rings. The summed E-state index contributed by atoms with van der Waals surface area (Å²) in [5, 5.41) is 14.2. The Morgan fingerprint density at radius 2 is 2.06 bits per heavy atom. The van der Waals surface area contributed by atoms with E-state index >= 15 is 0 Å². The summed E-state index contributed by atoms with van der Waals surface area (Å²) in [5.74, 6) is -2.80. The van der Waals surface area contributed by atoms with Gasteiger partial charge in [-0.15, -0.1) is 0 Å². The number of carbonyl (C=O) groups is 2. The van der Waals surface area contributed by atoms with Crippen LogP contribution in [0.5, 0.6) is 0 Å². The number of likely N-dealkylation sites (tertiary alicyclic amines) is 1. The molecular formula is C24H19FN4O4. The maximum Gasteiger partial charge on any atom is 0.269 e. The number of non-ortho nitro benzene ring substituents is 1. The predicted octanol–water partition coefficient (Wildman–Crippen LogP) is 3.50. The van der Waals surface area contributed by atoms with Gasteiger partial charge in [-0.3, -0.25) is 29.6 Å². The van der Waals surface area contributed by atoms with Crippen molar-refractivity contribution in [3.8, 4) is 0 Å². The molecule has 2 aromatic carbocycles. The second kappa shape index (κ2) is 7.56. The molecule has 1 aromatic heterocycles. The molecule has 0 saturated carbocycles. The van der Waals surface area contributed by atoms with Crippen molar-refractivity contribution in [2.24, 2.45) is 5.92 Å². The summed E-state index contributed by atoms with van der Waals surface area (Å²) in [6, 6.07) is 13.3. The number of carbonyl (C=O) groups excluding carboxylic acids is 2. The van der Waals surface area contributed by atoms with Crippen LogP contribution >= 0.6 is 0 Å². The van der Waals surface area contributed by atoms with Gasteiger partial charge in [0.25, 0.3) is 5.69 Å². The van der Waals surface area contributed by atoms with Crippen LogP contribution in [0.3, 0.4) is 0 Å². The Balaban J connectivity index is 1.74. The van der Waals surface area contributed by atoms with Crippen LogP contribution in [-0.4, -0.2) is 40.1 Å². The number of ketones is 1. The number of anilines is 1. The number of pyridine rings is 1. The number of Topliss-reactive ketones (excluding diaryl/α,β-unsaturated/α-hetero) is 1. The van der Waals surface area contributed by atoms with Crippen molar-refractivity contribution in [1.82, 2.24) is 9.88 Å². The van der Waals surface area contributed by atoms with Gasteiger partial charge in [-0.2, -0.15) is 0 Å². The van der Waals surface area contributed by atoms with E-state index in [1.807, 2.05) is 0 Å². The molecule has 5 rings (SSSR count). The fourth-order valence-electron chi connectivity index (χ4n) is 5.27. The van der Waals surface area contributed by atoms with Crippen LogP contribution in [-0.2, 0) is 10.3 Å². The van der Waals surface area contributed by atoms with Crippen molar-refractivity contribution in [1.29, 1.82) is 0 Å². The Labute approximate surface area is 188 Å². The van der Waals surface area contributed by atoms with Crippen molar-refractivity contribution in [3.63, 3.8) is 0 Å². The smallest absolute Gasteiger partial charge is 0.269 e. The van der Waals surface area contributed by atoms with E-state index in [9.17, 15) is 24.1 Å². The molecule has 1 amide bonds. The summed E-state index contributed by atoms with van der Waals surface area (Å²) >= 11 is 0. The summed E-state index contributed by atoms with van der Waals surface area (Å²) in [5.41, 5.74) is 0.116. The highest BCUT2D eigenvalue weighted by molar-refractivity contribution is 6.12. The van der Waals surface area contributed by atoms with Crippen LogP contribution < -0.4 is 5.32 Å². The van der Waals surface area contributed by atoms with Crippen LogP contribution in [0.15, 0.2) is 67.0 Å². The average molecular weight is 446 g/mol. The van der Waals surface area contributed by atoms with Gasteiger partial charge < -0.3 is 5.32 Å². The molecule has 1 fully saturated rings. The van der Waals surface area contributed by atoms with E-state index < -0.39 is 34.0 Å². The molecule has 3 heterocycles. The summed E-state index contributed by atoms with van der Waals surface area (Å²) < 4.78 is 14.3.